The Kier molecular flexibility index (Phi) is 7.95. The van der Waals surface area contributed by atoms with Gasteiger partial charge in [0.25, 0.3) is 20.2 Å². The zero-order valence-electron chi connectivity index (χ0n) is 16.9. The van der Waals surface area contributed by atoms with Gasteiger partial charge in [0.15, 0.2) is 0 Å². The topological polar surface area (TPSA) is 96.0 Å². The maximum atomic E-state index is 12.5. The predicted molar refractivity (Wildman–Crippen MR) is 109 cm³/mol. The lowest BCUT2D eigenvalue weighted by Crippen LogP contribution is -2.31. The van der Waals surface area contributed by atoms with Gasteiger partial charge >= 0.3 is 0 Å². The highest BCUT2D eigenvalue weighted by molar-refractivity contribution is 7.87. The van der Waals surface area contributed by atoms with Crippen LogP contribution in [0.25, 0.3) is 0 Å². The van der Waals surface area contributed by atoms with Gasteiger partial charge in [-0.3, -0.25) is 8.37 Å². The third kappa shape index (κ3) is 7.20. The number of benzene rings is 2. The maximum absolute atomic E-state index is 12.5. The fourth-order valence-electron chi connectivity index (χ4n) is 2.28. The van der Waals surface area contributed by atoms with E-state index in [0.29, 0.717) is 0 Å². The molecule has 0 aliphatic carbocycles. The van der Waals surface area contributed by atoms with Crippen molar-refractivity contribution in [2.45, 2.75) is 49.7 Å². The summed E-state index contributed by atoms with van der Waals surface area (Å²) < 4.78 is 65.6. The summed E-state index contributed by atoms with van der Waals surface area (Å²) in [5, 5.41) is 0. The van der Waals surface area contributed by atoms with Gasteiger partial charge < -0.3 is 4.74 Å². The van der Waals surface area contributed by atoms with Gasteiger partial charge in [0.1, 0.15) is 6.10 Å². The standard InChI is InChI=1S/C20H26O7S2/c1-15(2)25-13-18(27-29(23,24)20-11-7-17(4)8-12-20)14-26-28(21,22)19-9-5-16(3)6-10-19/h5-12,15,18H,13-14H2,1-4H3. The monoisotopic (exact) mass is 442 g/mol. The van der Waals surface area contributed by atoms with Crippen molar-refractivity contribution in [1.29, 1.82) is 0 Å². The van der Waals surface area contributed by atoms with Crippen LogP contribution in [0, 0.1) is 13.8 Å². The molecule has 0 heterocycles. The molecule has 0 bridgehead atoms. The van der Waals surface area contributed by atoms with Crippen LogP contribution in [0.4, 0.5) is 0 Å². The first-order chi connectivity index (χ1) is 13.5. The average molecular weight is 443 g/mol. The first-order valence-electron chi connectivity index (χ1n) is 9.07. The molecule has 0 saturated carbocycles. The summed E-state index contributed by atoms with van der Waals surface area (Å²) in [5.41, 5.74) is 1.80. The van der Waals surface area contributed by atoms with E-state index in [2.05, 4.69) is 0 Å². The lowest BCUT2D eigenvalue weighted by Gasteiger charge is -2.19. The van der Waals surface area contributed by atoms with E-state index in [1.807, 2.05) is 13.8 Å². The SMILES string of the molecule is Cc1ccc(S(=O)(=O)OCC(COC(C)C)OS(=O)(=O)c2ccc(C)cc2)cc1. The molecule has 0 saturated heterocycles. The molecule has 1 unspecified atom stereocenters. The summed E-state index contributed by atoms with van der Waals surface area (Å²) >= 11 is 0. The van der Waals surface area contributed by atoms with E-state index >= 15 is 0 Å². The van der Waals surface area contributed by atoms with Gasteiger partial charge in [0.05, 0.1) is 29.1 Å². The number of hydrogen-bond acceptors (Lipinski definition) is 7. The molecule has 0 fully saturated rings. The Morgan fingerprint density at radius 1 is 0.724 bits per heavy atom. The Morgan fingerprint density at radius 2 is 1.17 bits per heavy atom. The van der Waals surface area contributed by atoms with Crippen molar-refractivity contribution in [2.24, 2.45) is 0 Å². The largest absolute Gasteiger partial charge is 0.376 e. The summed E-state index contributed by atoms with van der Waals surface area (Å²) in [6.45, 7) is 6.56. The van der Waals surface area contributed by atoms with Crippen LogP contribution in [0.3, 0.4) is 0 Å². The molecule has 0 aromatic heterocycles. The molecular formula is C20H26O7S2. The molecule has 1 atom stereocenters. The van der Waals surface area contributed by atoms with E-state index in [4.69, 9.17) is 13.1 Å². The smallest absolute Gasteiger partial charge is 0.297 e. The first kappa shape index (κ1) is 23.5. The van der Waals surface area contributed by atoms with Gasteiger partial charge in [-0.05, 0) is 52.0 Å². The lowest BCUT2D eigenvalue weighted by molar-refractivity contribution is 0.00245. The van der Waals surface area contributed by atoms with Gasteiger partial charge in [-0.2, -0.15) is 16.8 Å². The Bertz CT molecular complexity index is 994. The predicted octanol–water partition coefficient (Wildman–Crippen LogP) is 3.21. The second kappa shape index (κ2) is 9.82. The molecule has 9 heteroatoms. The summed E-state index contributed by atoms with van der Waals surface area (Å²) in [6, 6.07) is 12.3. The normalized spacial score (nSPS) is 13.6. The second-order valence-corrected chi connectivity index (χ2v) is 10.1. The number of hydrogen-bond donors (Lipinski definition) is 0. The molecule has 2 rings (SSSR count). The molecule has 0 N–H and O–H groups in total. The van der Waals surface area contributed by atoms with Crippen LogP contribution in [-0.4, -0.2) is 42.3 Å². The lowest BCUT2D eigenvalue weighted by atomic mass is 10.2. The minimum absolute atomic E-state index is 0.0204. The maximum Gasteiger partial charge on any atom is 0.297 e. The molecule has 0 spiro atoms. The summed E-state index contributed by atoms with van der Waals surface area (Å²) in [5.74, 6) is 0. The Balaban J connectivity index is 2.15. The highest BCUT2D eigenvalue weighted by Crippen LogP contribution is 2.18. The third-order valence-electron chi connectivity index (χ3n) is 3.91. The van der Waals surface area contributed by atoms with E-state index in [1.165, 1.54) is 24.3 Å². The summed E-state index contributed by atoms with van der Waals surface area (Å²) in [4.78, 5) is -0.0490. The zero-order valence-corrected chi connectivity index (χ0v) is 18.5. The van der Waals surface area contributed by atoms with Crippen molar-refractivity contribution in [3.63, 3.8) is 0 Å². The van der Waals surface area contributed by atoms with Gasteiger partial charge in [-0.15, -0.1) is 0 Å². The quantitative estimate of drug-likeness (QED) is 0.521. The van der Waals surface area contributed by atoms with E-state index in [0.717, 1.165) is 11.1 Å². The van der Waals surface area contributed by atoms with Gasteiger partial charge in [0.2, 0.25) is 0 Å². The van der Waals surface area contributed by atoms with Crippen molar-refractivity contribution in [3.8, 4) is 0 Å². The molecule has 0 aliphatic heterocycles. The van der Waals surface area contributed by atoms with Crippen LogP contribution >= 0.6 is 0 Å². The molecule has 7 nitrogen and oxygen atoms in total. The Labute approximate surface area is 172 Å². The molecule has 0 aliphatic rings. The van der Waals surface area contributed by atoms with Crippen molar-refractivity contribution in [3.05, 3.63) is 59.7 Å². The number of aryl methyl sites for hydroxylation is 2. The summed E-state index contributed by atoms with van der Waals surface area (Å²) in [6.07, 6.45) is -1.33. The van der Waals surface area contributed by atoms with Crippen molar-refractivity contribution < 1.29 is 29.9 Å². The Hall–Kier alpha value is -1.78. The average Bonchev–Trinajstić information content (AvgIpc) is 2.64. The van der Waals surface area contributed by atoms with Crippen LogP contribution in [0.1, 0.15) is 25.0 Å². The van der Waals surface area contributed by atoms with Gasteiger partial charge in [-0.25, -0.2) is 0 Å². The second-order valence-electron chi connectivity index (χ2n) is 6.92. The van der Waals surface area contributed by atoms with Crippen LogP contribution < -0.4 is 0 Å². The van der Waals surface area contributed by atoms with E-state index in [1.54, 1.807) is 38.1 Å². The van der Waals surface area contributed by atoms with Crippen LogP contribution in [0.2, 0.25) is 0 Å². The molecule has 160 valence electrons. The zero-order chi connectivity index (χ0) is 21.7. The van der Waals surface area contributed by atoms with Crippen molar-refractivity contribution in [2.75, 3.05) is 13.2 Å². The molecule has 0 radical (unpaired) electrons. The first-order valence-corrected chi connectivity index (χ1v) is 11.9. The van der Waals surface area contributed by atoms with E-state index in [9.17, 15) is 16.8 Å². The molecule has 29 heavy (non-hydrogen) atoms. The molecule has 0 amide bonds. The van der Waals surface area contributed by atoms with Crippen LogP contribution in [-0.2, 0) is 33.3 Å². The number of ether oxygens (including phenoxy) is 1. The minimum Gasteiger partial charge on any atom is -0.376 e. The summed E-state index contributed by atoms with van der Waals surface area (Å²) in [7, 11) is -8.18. The molecular weight excluding hydrogens is 416 g/mol. The Morgan fingerprint density at radius 3 is 1.62 bits per heavy atom. The highest BCUT2D eigenvalue weighted by Gasteiger charge is 2.25. The third-order valence-corrected chi connectivity index (χ3v) is 6.58. The van der Waals surface area contributed by atoms with Gasteiger partial charge in [-0.1, -0.05) is 35.4 Å². The van der Waals surface area contributed by atoms with Gasteiger partial charge in [0, 0.05) is 0 Å². The van der Waals surface area contributed by atoms with Crippen molar-refractivity contribution in [1.82, 2.24) is 0 Å². The fraction of sp³-hybridized carbons (Fsp3) is 0.400. The molecule has 2 aromatic carbocycles. The van der Waals surface area contributed by atoms with E-state index in [-0.39, 0.29) is 22.5 Å². The van der Waals surface area contributed by atoms with Crippen molar-refractivity contribution >= 4 is 20.2 Å². The highest BCUT2D eigenvalue weighted by atomic mass is 32.2. The fourth-order valence-corrected chi connectivity index (χ4v) is 4.27. The van der Waals surface area contributed by atoms with Crippen LogP contribution in [0.15, 0.2) is 58.3 Å². The molecule has 2 aromatic rings. The van der Waals surface area contributed by atoms with E-state index < -0.39 is 32.9 Å². The van der Waals surface area contributed by atoms with Crippen LogP contribution in [0.5, 0.6) is 0 Å². The number of rotatable bonds is 10. The minimum atomic E-state index is -4.12.